The van der Waals surface area contributed by atoms with Gasteiger partial charge >= 0.3 is 0 Å². The third kappa shape index (κ3) is 2.42. The summed E-state index contributed by atoms with van der Waals surface area (Å²) in [5, 5.41) is 7.00. The number of hydrogen-bond acceptors (Lipinski definition) is 2. The summed E-state index contributed by atoms with van der Waals surface area (Å²) < 4.78 is 17.6. The molecule has 0 amide bonds. The van der Waals surface area contributed by atoms with Crippen LogP contribution in [0.25, 0.3) is 88.1 Å². The first-order chi connectivity index (χ1) is 19.8. The van der Waals surface area contributed by atoms with E-state index in [9.17, 15) is 0 Å². The highest BCUT2D eigenvalue weighted by Crippen LogP contribution is 2.46. The minimum atomic E-state index is 0.888. The Morgan fingerprint density at radius 2 is 0.900 bits per heavy atom. The zero-order chi connectivity index (χ0) is 25.9. The van der Waals surface area contributed by atoms with Gasteiger partial charge in [0.05, 0.1) is 32.8 Å². The Labute approximate surface area is 227 Å². The molecule has 10 aromatic rings. The largest absolute Gasteiger partial charge is 0.456 e. The van der Waals surface area contributed by atoms with Gasteiger partial charge in [-0.1, -0.05) is 48.5 Å². The summed E-state index contributed by atoms with van der Waals surface area (Å²) in [5.41, 5.74) is 10.4. The van der Waals surface area contributed by atoms with E-state index in [4.69, 9.17) is 8.83 Å². The lowest BCUT2D eigenvalue weighted by Crippen LogP contribution is -1.94. The minimum absolute atomic E-state index is 0.888. The molecule has 0 atom stereocenters. The number of furan rings is 1. The molecule has 0 N–H and O–H groups in total. The van der Waals surface area contributed by atoms with Crippen molar-refractivity contribution in [2.45, 2.75) is 0 Å². The van der Waals surface area contributed by atoms with Crippen molar-refractivity contribution in [1.82, 2.24) is 9.13 Å². The van der Waals surface area contributed by atoms with E-state index in [1.165, 1.54) is 16.3 Å². The number of fused-ring (bicyclic) bond motifs is 3. The lowest BCUT2D eigenvalue weighted by molar-refractivity contribution is 0.664. The summed E-state index contributed by atoms with van der Waals surface area (Å²) in [4.78, 5) is 0. The summed E-state index contributed by atoms with van der Waals surface area (Å²) in [6, 6.07) is 42.6. The van der Waals surface area contributed by atoms with Crippen molar-refractivity contribution in [2.24, 2.45) is 0 Å². The molecule has 4 heteroatoms. The number of aromatic nitrogens is 2. The summed E-state index contributed by atoms with van der Waals surface area (Å²) in [6.45, 7) is 0. The maximum atomic E-state index is 6.73. The Hall–Kier alpha value is -5.48. The molecule has 0 bridgehead atoms. The maximum Gasteiger partial charge on any atom is 0.137 e. The molecule has 4 aromatic heterocycles. The van der Waals surface area contributed by atoms with Crippen molar-refractivity contribution >= 4 is 76.7 Å². The molecule has 0 radical (unpaired) electrons. The highest BCUT2D eigenvalue weighted by atomic mass is 16.3. The number of para-hydroxylation sites is 2. The van der Waals surface area contributed by atoms with Gasteiger partial charge < -0.3 is 18.0 Å². The van der Waals surface area contributed by atoms with E-state index >= 15 is 0 Å². The zero-order valence-electron chi connectivity index (χ0n) is 21.3. The molecule has 186 valence electrons. The van der Waals surface area contributed by atoms with Crippen molar-refractivity contribution < 1.29 is 8.83 Å². The standard InChI is InChI=1S/C36H20N2O2/c1-2-8-21(9-3-1)37-25-11-6-14-31-33(25)35-27(37)17-18-28-36(35)34-26(12-7-15-32(34)40-31)38(28)22-16-19-30-24(20-22)23-10-4-5-13-29(23)39-30/h1-20H. The van der Waals surface area contributed by atoms with Crippen LogP contribution in [0.5, 0.6) is 0 Å². The smallest absolute Gasteiger partial charge is 0.137 e. The van der Waals surface area contributed by atoms with Crippen LogP contribution in [0.15, 0.2) is 130 Å². The highest BCUT2D eigenvalue weighted by molar-refractivity contribution is 6.34. The van der Waals surface area contributed by atoms with E-state index < -0.39 is 0 Å². The first-order valence-electron chi connectivity index (χ1n) is 13.5. The van der Waals surface area contributed by atoms with Gasteiger partial charge in [-0.3, -0.25) is 0 Å². The van der Waals surface area contributed by atoms with Crippen molar-refractivity contribution in [3.63, 3.8) is 0 Å². The molecule has 0 saturated carbocycles. The third-order valence-corrected chi connectivity index (χ3v) is 8.49. The molecule has 40 heavy (non-hydrogen) atoms. The molecule has 0 spiro atoms. The Morgan fingerprint density at radius 3 is 1.62 bits per heavy atom. The van der Waals surface area contributed by atoms with Gasteiger partial charge in [0.1, 0.15) is 22.3 Å². The second kappa shape index (κ2) is 7.13. The van der Waals surface area contributed by atoms with E-state index in [-0.39, 0.29) is 0 Å². The van der Waals surface area contributed by atoms with Crippen LogP contribution in [0.3, 0.4) is 0 Å². The van der Waals surface area contributed by atoms with Gasteiger partial charge in [0.25, 0.3) is 0 Å². The average Bonchev–Trinajstić information content (AvgIpc) is 3.61. The molecule has 4 heterocycles. The second-order valence-corrected chi connectivity index (χ2v) is 10.5. The summed E-state index contributed by atoms with van der Waals surface area (Å²) in [6.07, 6.45) is 0. The van der Waals surface area contributed by atoms with Gasteiger partial charge in [-0.2, -0.15) is 0 Å². The van der Waals surface area contributed by atoms with E-state index in [0.29, 0.717) is 0 Å². The fourth-order valence-electron chi connectivity index (χ4n) is 6.91. The van der Waals surface area contributed by atoms with Crippen LogP contribution in [0, 0.1) is 0 Å². The first-order valence-corrected chi connectivity index (χ1v) is 13.5. The molecule has 0 aliphatic carbocycles. The van der Waals surface area contributed by atoms with Gasteiger partial charge in [0, 0.05) is 32.9 Å². The van der Waals surface area contributed by atoms with Crippen LogP contribution < -0.4 is 0 Å². The molecule has 10 rings (SSSR count). The minimum Gasteiger partial charge on any atom is -0.456 e. The summed E-state index contributed by atoms with van der Waals surface area (Å²) >= 11 is 0. The Bertz CT molecular complexity index is 2590. The van der Waals surface area contributed by atoms with Gasteiger partial charge in [0.2, 0.25) is 0 Å². The normalized spacial score (nSPS) is 12.5. The third-order valence-electron chi connectivity index (χ3n) is 8.49. The summed E-state index contributed by atoms with van der Waals surface area (Å²) in [7, 11) is 0. The van der Waals surface area contributed by atoms with Gasteiger partial charge in [-0.15, -0.1) is 0 Å². The van der Waals surface area contributed by atoms with Crippen LogP contribution >= 0.6 is 0 Å². The van der Waals surface area contributed by atoms with Crippen LogP contribution in [0.1, 0.15) is 0 Å². The van der Waals surface area contributed by atoms with Crippen molar-refractivity contribution in [2.75, 3.05) is 0 Å². The topological polar surface area (TPSA) is 36.1 Å². The quantitative estimate of drug-likeness (QED) is 0.231. The summed E-state index contributed by atoms with van der Waals surface area (Å²) in [5.74, 6) is 0. The van der Waals surface area contributed by atoms with E-state index in [0.717, 1.165) is 71.8 Å². The lowest BCUT2D eigenvalue weighted by atomic mass is 10.1. The molecular weight excluding hydrogens is 492 g/mol. The van der Waals surface area contributed by atoms with Gasteiger partial charge in [-0.05, 0) is 72.8 Å². The number of hydrogen-bond donors (Lipinski definition) is 0. The van der Waals surface area contributed by atoms with Crippen LogP contribution in [0.4, 0.5) is 0 Å². The van der Waals surface area contributed by atoms with E-state index in [1.54, 1.807) is 0 Å². The number of rotatable bonds is 2. The Kier molecular flexibility index (Phi) is 3.65. The molecule has 0 saturated heterocycles. The van der Waals surface area contributed by atoms with Crippen LogP contribution in [-0.2, 0) is 0 Å². The SMILES string of the molecule is c1ccc(-n2c3cccc4oc5cccc6c5c5c(c43)c2ccc5n6-c2ccc3oc4ccccc4c3c2)cc1. The molecule has 4 nitrogen and oxygen atoms in total. The number of nitrogens with zero attached hydrogens (tertiary/aromatic N) is 2. The Balaban J connectivity index is 1.42. The molecule has 0 unspecified atom stereocenters. The van der Waals surface area contributed by atoms with Crippen molar-refractivity contribution in [3.05, 3.63) is 121 Å². The second-order valence-electron chi connectivity index (χ2n) is 10.5. The van der Waals surface area contributed by atoms with Crippen LogP contribution in [-0.4, -0.2) is 9.13 Å². The fourth-order valence-corrected chi connectivity index (χ4v) is 6.91. The average molecular weight is 513 g/mol. The van der Waals surface area contributed by atoms with Gasteiger partial charge in [-0.25, -0.2) is 0 Å². The lowest BCUT2D eigenvalue weighted by Gasteiger charge is -2.09. The highest BCUT2D eigenvalue weighted by Gasteiger charge is 2.24. The first kappa shape index (κ1) is 20.5. The zero-order valence-corrected chi connectivity index (χ0v) is 21.3. The van der Waals surface area contributed by atoms with Crippen molar-refractivity contribution in [1.29, 1.82) is 0 Å². The Morgan fingerprint density at radius 1 is 0.350 bits per heavy atom. The predicted octanol–water partition coefficient (Wildman–Crippen LogP) is 9.96. The van der Waals surface area contributed by atoms with Crippen molar-refractivity contribution in [3.8, 4) is 11.4 Å². The van der Waals surface area contributed by atoms with E-state index in [2.05, 4.69) is 118 Å². The maximum absolute atomic E-state index is 6.73. The van der Waals surface area contributed by atoms with E-state index in [1.807, 2.05) is 12.1 Å². The van der Waals surface area contributed by atoms with Crippen LogP contribution in [0.2, 0.25) is 0 Å². The molecule has 0 fully saturated rings. The fraction of sp³-hybridized carbons (Fsp3) is 0. The monoisotopic (exact) mass is 512 g/mol. The molecule has 0 aliphatic heterocycles. The van der Waals surface area contributed by atoms with Gasteiger partial charge in [0.15, 0.2) is 0 Å². The molecule has 0 aliphatic rings. The molecular formula is C36H20N2O2. The predicted molar refractivity (Wildman–Crippen MR) is 163 cm³/mol. The molecule has 6 aromatic carbocycles. The number of benzene rings is 6.